The molecular formula is C17H16F3N3O2S. The molecule has 0 radical (unpaired) electrons. The van der Waals surface area contributed by atoms with E-state index in [2.05, 4.69) is 15.3 Å². The average molecular weight is 383 g/mol. The molecule has 1 aromatic heterocycles. The van der Waals surface area contributed by atoms with Crippen molar-refractivity contribution >= 4 is 23.4 Å². The minimum absolute atomic E-state index is 0.130. The van der Waals surface area contributed by atoms with E-state index in [-0.39, 0.29) is 11.4 Å². The number of aryl methyl sites for hydroxylation is 1. The summed E-state index contributed by atoms with van der Waals surface area (Å²) in [4.78, 5) is 30.4. The Labute approximate surface area is 151 Å². The number of nitrogens with one attached hydrogen (secondary N) is 2. The van der Waals surface area contributed by atoms with E-state index in [1.165, 1.54) is 18.2 Å². The number of carbonyl (C=O) groups is 1. The van der Waals surface area contributed by atoms with Crippen molar-refractivity contribution in [3.63, 3.8) is 0 Å². The zero-order chi connectivity index (χ0) is 18.7. The van der Waals surface area contributed by atoms with Crippen LogP contribution < -0.4 is 11.0 Å². The second-order valence-electron chi connectivity index (χ2n) is 5.89. The number of nitrogens with zero attached hydrogens (tertiary/aromatic N) is 1. The third-order valence-electron chi connectivity index (χ3n) is 4.03. The molecule has 26 heavy (non-hydrogen) atoms. The topological polar surface area (TPSA) is 74.8 Å². The third kappa shape index (κ3) is 4.27. The fourth-order valence-electron chi connectivity index (χ4n) is 2.87. The van der Waals surface area contributed by atoms with Gasteiger partial charge in [0, 0.05) is 11.3 Å². The van der Waals surface area contributed by atoms with E-state index in [4.69, 9.17) is 0 Å². The smallest absolute Gasteiger partial charge is 0.325 e. The summed E-state index contributed by atoms with van der Waals surface area (Å²) in [5.74, 6) is -0.715. The number of para-hydroxylation sites is 1. The fourth-order valence-corrected chi connectivity index (χ4v) is 3.76. The van der Waals surface area contributed by atoms with Gasteiger partial charge in [-0.15, -0.1) is 0 Å². The van der Waals surface area contributed by atoms with Crippen LogP contribution in [0.25, 0.3) is 0 Å². The molecule has 0 bridgehead atoms. The zero-order valence-electron chi connectivity index (χ0n) is 13.7. The van der Waals surface area contributed by atoms with E-state index in [0.29, 0.717) is 5.03 Å². The number of hydrogen-bond acceptors (Lipinski definition) is 4. The molecule has 0 aliphatic heterocycles. The maximum absolute atomic E-state index is 13.0. The monoisotopic (exact) mass is 383 g/mol. The first kappa shape index (κ1) is 18.5. The summed E-state index contributed by atoms with van der Waals surface area (Å²) in [6, 6.07) is 4.81. The molecule has 0 atom stereocenters. The van der Waals surface area contributed by atoms with E-state index in [1.54, 1.807) is 0 Å². The molecule has 0 unspecified atom stereocenters. The number of aromatic nitrogens is 2. The molecule has 138 valence electrons. The lowest BCUT2D eigenvalue weighted by Gasteiger charge is -2.17. The van der Waals surface area contributed by atoms with Gasteiger partial charge in [-0.2, -0.15) is 18.2 Å². The SMILES string of the molecule is O=C(CSc1nc(=O)[nH]c2c1CCCC2)Nc1ccccc1C(F)(F)F. The first-order valence-electron chi connectivity index (χ1n) is 8.05. The zero-order valence-corrected chi connectivity index (χ0v) is 14.5. The van der Waals surface area contributed by atoms with Crippen LogP contribution in [0.3, 0.4) is 0 Å². The highest BCUT2D eigenvalue weighted by molar-refractivity contribution is 8.00. The Bertz CT molecular complexity index is 880. The molecule has 9 heteroatoms. The van der Waals surface area contributed by atoms with Crippen LogP contribution in [0.5, 0.6) is 0 Å². The molecule has 0 saturated heterocycles. The molecule has 0 saturated carbocycles. The lowest BCUT2D eigenvalue weighted by Crippen LogP contribution is -2.21. The van der Waals surface area contributed by atoms with Crippen molar-refractivity contribution in [3.8, 4) is 0 Å². The van der Waals surface area contributed by atoms with Crippen molar-refractivity contribution in [1.29, 1.82) is 0 Å². The molecule has 5 nitrogen and oxygen atoms in total. The van der Waals surface area contributed by atoms with Crippen molar-refractivity contribution in [2.24, 2.45) is 0 Å². The van der Waals surface area contributed by atoms with E-state index in [0.717, 1.165) is 54.8 Å². The molecular weight excluding hydrogens is 367 g/mol. The van der Waals surface area contributed by atoms with E-state index in [9.17, 15) is 22.8 Å². The Hall–Kier alpha value is -2.29. The molecule has 0 fully saturated rings. The van der Waals surface area contributed by atoms with Crippen LogP contribution in [0.2, 0.25) is 0 Å². The Balaban J connectivity index is 1.71. The second kappa shape index (κ2) is 7.53. The predicted octanol–water partition coefficient (Wildman–Crippen LogP) is 3.40. The molecule has 1 aliphatic carbocycles. The van der Waals surface area contributed by atoms with Gasteiger partial charge in [-0.05, 0) is 37.8 Å². The number of rotatable bonds is 4. The van der Waals surface area contributed by atoms with Gasteiger partial charge in [-0.25, -0.2) is 4.79 Å². The van der Waals surface area contributed by atoms with E-state index in [1.807, 2.05) is 0 Å². The minimum atomic E-state index is -4.55. The Kier molecular flexibility index (Phi) is 5.36. The van der Waals surface area contributed by atoms with Crippen LogP contribution in [0.4, 0.5) is 18.9 Å². The number of benzene rings is 1. The van der Waals surface area contributed by atoms with Gasteiger partial charge >= 0.3 is 11.9 Å². The first-order chi connectivity index (χ1) is 12.3. The lowest BCUT2D eigenvalue weighted by atomic mass is 9.98. The van der Waals surface area contributed by atoms with Crippen molar-refractivity contribution in [3.05, 3.63) is 51.6 Å². The van der Waals surface area contributed by atoms with Gasteiger partial charge in [0.1, 0.15) is 5.03 Å². The number of carbonyl (C=O) groups excluding carboxylic acids is 1. The Morgan fingerprint density at radius 2 is 1.96 bits per heavy atom. The van der Waals surface area contributed by atoms with Crippen molar-refractivity contribution in [1.82, 2.24) is 9.97 Å². The number of aromatic amines is 1. The van der Waals surface area contributed by atoms with Crippen LogP contribution in [-0.4, -0.2) is 21.6 Å². The van der Waals surface area contributed by atoms with Gasteiger partial charge in [0.2, 0.25) is 5.91 Å². The maximum atomic E-state index is 13.0. The molecule has 1 aromatic carbocycles. The average Bonchev–Trinajstić information content (AvgIpc) is 2.59. The van der Waals surface area contributed by atoms with Crippen LogP contribution in [0, 0.1) is 0 Å². The molecule has 0 spiro atoms. The predicted molar refractivity (Wildman–Crippen MR) is 92.3 cm³/mol. The van der Waals surface area contributed by atoms with Gasteiger partial charge in [0.25, 0.3) is 0 Å². The van der Waals surface area contributed by atoms with E-state index >= 15 is 0 Å². The van der Waals surface area contributed by atoms with Crippen LogP contribution >= 0.6 is 11.8 Å². The highest BCUT2D eigenvalue weighted by atomic mass is 32.2. The maximum Gasteiger partial charge on any atom is 0.418 e. The molecule has 2 aromatic rings. The van der Waals surface area contributed by atoms with Crippen LogP contribution in [0.15, 0.2) is 34.1 Å². The number of fused-ring (bicyclic) bond motifs is 1. The number of halogens is 3. The highest BCUT2D eigenvalue weighted by Crippen LogP contribution is 2.34. The molecule has 2 N–H and O–H groups in total. The van der Waals surface area contributed by atoms with Crippen LogP contribution in [0.1, 0.15) is 29.7 Å². The summed E-state index contributed by atoms with van der Waals surface area (Å²) in [6.45, 7) is 0. The van der Waals surface area contributed by atoms with Gasteiger partial charge in [0.05, 0.1) is 17.0 Å². The quantitative estimate of drug-likeness (QED) is 0.627. The number of H-pyrrole nitrogens is 1. The summed E-state index contributed by atoms with van der Waals surface area (Å²) >= 11 is 1.07. The van der Waals surface area contributed by atoms with Gasteiger partial charge in [-0.1, -0.05) is 23.9 Å². The minimum Gasteiger partial charge on any atom is -0.325 e. The third-order valence-corrected chi connectivity index (χ3v) is 5.05. The Morgan fingerprint density at radius 1 is 1.23 bits per heavy atom. The van der Waals surface area contributed by atoms with Gasteiger partial charge < -0.3 is 10.3 Å². The number of amides is 1. The summed E-state index contributed by atoms with van der Waals surface area (Å²) in [6.07, 6.45) is -1.08. The lowest BCUT2D eigenvalue weighted by molar-refractivity contribution is -0.137. The first-order valence-corrected chi connectivity index (χ1v) is 9.04. The van der Waals surface area contributed by atoms with Crippen molar-refractivity contribution in [2.45, 2.75) is 36.9 Å². The fraction of sp³-hybridized carbons (Fsp3) is 0.353. The summed E-state index contributed by atoms with van der Waals surface area (Å²) in [5.41, 5.74) is 0.0957. The molecule has 1 amide bonds. The summed E-state index contributed by atoms with van der Waals surface area (Å²) in [7, 11) is 0. The van der Waals surface area contributed by atoms with Crippen LogP contribution in [-0.2, 0) is 23.8 Å². The summed E-state index contributed by atoms with van der Waals surface area (Å²) < 4.78 is 38.9. The highest BCUT2D eigenvalue weighted by Gasteiger charge is 2.33. The number of anilines is 1. The molecule has 3 rings (SSSR count). The summed E-state index contributed by atoms with van der Waals surface area (Å²) in [5, 5.41) is 2.76. The number of alkyl halides is 3. The van der Waals surface area contributed by atoms with Gasteiger partial charge in [0.15, 0.2) is 0 Å². The number of hydrogen-bond donors (Lipinski definition) is 2. The van der Waals surface area contributed by atoms with Crippen molar-refractivity contribution in [2.75, 3.05) is 11.1 Å². The number of thioether (sulfide) groups is 1. The standard InChI is InChI=1S/C17H16F3N3O2S/c18-17(19,20)11-6-2-4-8-13(11)21-14(24)9-26-15-10-5-1-3-7-12(10)22-16(25)23-15/h2,4,6,8H,1,3,5,7,9H2,(H,21,24)(H,22,23,25). The van der Waals surface area contributed by atoms with Crippen molar-refractivity contribution < 1.29 is 18.0 Å². The molecule has 1 heterocycles. The largest absolute Gasteiger partial charge is 0.418 e. The normalized spacial score (nSPS) is 14.0. The molecule has 1 aliphatic rings. The Morgan fingerprint density at radius 3 is 2.73 bits per heavy atom. The van der Waals surface area contributed by atoms with Gasteiger partial charge in [-0.3, -0.25) is 4.79 Å². The second-order valence-corrected chi connectivity index (χ2v) is 6.86. The van der Waals surface area contributed by atoms with E-state index < -0.39 is 23.3 Å².